The van der Waals surface area contributed by atoms with E-state index in [0.717, 1.165) is 39.1 Å². The van der Waals surface area contributed by atoms with Gasteiger partial charge in [-0.05, 0) is 13.3 Å². The van der Waals surface area contributed by atoms with Gasteiger partial charge in [0, 0.05) is 38.8 Å². The van der Waals surface area contributed by atoms with Crippen LogP contribution in [0.2, 0.25) is 0 Å². The monoisotopic (exact) mass is 242 g/mol. The van der Waals surface area contributed by atoms with E-state index in [-0.39, 0.29) is 11.9 Å². The number of amides is 1. The fourth-order valence-electron chi connectivity index (χ4n) is 2.45. The Labute approximate surface area is 104 Å². The minimum Gasteiger partial charge on any atom is -0.368 e. The second-order valence-electron chi connectivity index (χ2n) is 4.83. The zero-order valence-electron chi connectivity index (χ0n) is 11.1. The maximum absolute atomic E-state index is 11.1. The number of carbonyl (C=O) groups is 1. The minimum atomic E-state index is -0.234. The molecule has 0 bridgehead atoms. The Morgan fingerprint density at radius 3 is 2.18 bits per heavy atom. The molecule has 1 amide bonds. The van der Waals surface area contributed by atoms with Gasteiger partial charge in [-0.25, -0.2) is 0 Å². The predicted octanol–water partition coefficient (Wildman–Crippen LogP) is -0.395. The van der Waals surface area contributed by atoms with E-state index >= 15 is 0 Å². The molecule has 2 unspecified atom stereocenters. The normalized spacial score (nSPS) is 22.3. The molecule has 0 radical (unpaired) electrons. The van der Waals surface area contributed by atoms with Crippen molar-refractivity contribution in [3.63, 3.8) is 0 Å². The molecule has 1 saturated heterocycles. The van der Waals surface area contributed by atoms with Crippen molar-refractivity contribution in [3.8, 4) is 0 Å². The standard InChI is InChI=1S/C12H26N4O/c1-3-4-11(9-13)16-7-5-15(6-8-16)10(2)12(14)17/h10-11H,3-9,13H2,1-2H3,(H2,14,17). The van der Waals surface area contributed by atoms with E-state index in [4.69, 9.17) is 11.5 Å². The van der Waals surface area contributed by atoms with Gasteiger partial charge >= 0.3 is 0 Å². The highest BCUT2D eigenvalue weighted by Gasteiger charge is 2.26. The van der Waals surface area contributed by atoms with Gasteiger partial charge in [-0.2, -0.15) is 0 Å². The van der Waals surface area contributed by atoms with Crippen LogP contribution in [0.1, 0.15) is 26.7 Å². The zero-order valence-corrected chi connectivity index (χ0v) is 11.1. The molecule has 0 aromatic heterocycles. The summed E-state index contributed by atoms with van der Waals surface area (Å²) in [4.78, 5) is 15.7. The molecular weight excluding hydrogens is 216 g/mol. The number of piperazine rings is 1. The Hall–Kier alpha value is -0.650. The fourth-order valence-corrected chi connectivity index (χ4v) is 2.45. The Morgan fingerprint density at radius 1 is 1.24 bits per heavy atom. The van der Waals surface area contributed by atoms with Crippen molar-refractivity contribution in [1.82, 2.24) is 9.80 Å². The highest BCUT2D eigenvalue weighted by molar-refractivity contribution is 5.79. The summed E-state index contributed by atoms with van der Waals surface area (Å²) in [5.41, 5.74) is 11.1. The second-order valence-corrected chi connectivity index (χ2v) is 4.83. The Bertz CT molecular complexity index is 239. The van der Waals surface area contributed by atoms with Crippen LogP contribution in [-0.2, 0) is 4.79 Å². The van der Waals surface area contributed by atoms with E-state index in [0.29, 0.717) is 6.04 Å². The van der Waals surface area contributed by atoms with Gasteiger partial charge in [-0.1, -0.05) is 13.3 Å². The minimum absolute atomic E-state index is 0.153. The van der Waals surface area contributed by atoms with Crippen molar-refractivity contribution in [3.05, 3.63) is 0 Å². The molecule has 5 nitrogen and oxygen atoms in total. The van der Waals surface area contributed by atoms with Crippen LogP contribution in [0.3, 0.4) is 0 Å². The summed E-state index contributed by atoms with van der Waals surface area (Å²) in [5, 5.41) is 0. The first-order valence-electron chi connectivity index (χ1n) is 6.57. The lowest BCUT2D eigenvalue weighted by atomic mass is 10.1. The topological polar surface area (TPSA) is 75.6 Å². The van der Waals surface area contributed by atoms with Gasteiger partial charge in [0.05, 0.1) is 6.04 Å². The van der Waals surface area contributed by atoms with E-state index in [1.54, 1.807) is 0 Å². The number of hydrogen-bond acceptors (Lipinski definition) is 4. The Morgan fingerprint density at radius 2 is 1.76 bits per heavy atom. The largest absolute Gasteiger partial charge is 0.368 e. The smallest absolute Gasteiger partial charge is 0.234 e. The van der Waals surface area contributed by atoms with Crippen molar-refractivity contribution in [1.29, 1.82) is 0 Å². The molecule has 17 heavy (non-hydrogen) atoms. The third kappa shape index (κ3) is 3.94. The average Bonchev–Trinajstić information content (AvgIpc) is 2.35. The maximum atomic E-state index is 11.1. The van der Waals surface area contributed by atoms with Crippen LogP contribution in [0.5, 0.6) is 0 Å². The van der Waals surface area contributed by atoms with Gasteiger partial charge in [-0.3, -0.25) is 14.6 Å². The van der Waals surface area contributed by atoms with Gasteiger partial charge < -0.3 is 11.5 Å². The Kier molecular flexibility index (Phi) is 5.88. The van der Waals surface area contributed by atoms with Crippen molar-refractivity contribution in [2.24, 2.45) is 11.5 Å². The van der Waals surface area contributed by atoms with E-state index in [1.165, 1.54) is 6.42 Å². The van der Waals surface area contributed by atoms with Crippen LogP contribution in [0.25, 0.3) is 0 Å². The highest BCUT2D eigenvalue weighted by atomic mass is 16.1. The summed E-state index contributed by atoms with van der Waals surface area (Å²) < 4.78 is 0. The first-order valence-corrected chi connectivity index (χ1v) is 6.57. The van der Waals surface area contributed by atoms with E-state index in [1.807, 2.05) is 6.92 Å². The predicted molar refractivity (Wildman–Crippen MR) is 69.6 cm³/mol. The van der Waals surface area contributed by atoms with Crippen molar-refractivity contribution in [2.45, 2.75) is 38.8 Å². The van der Waals surface area contributed by atoms with Gasteiger partial charge in [0.25, 0.3) is 0 Å². The fraction of sp³-hybridized carbons (Fsp3) is 0.917. The molecule has 0 saturated carbocycles. The molecule has 1 aliphatic rings. The van der Waals surface area contributed by atoms with Crippen molar-refractivity contribution < 1.29 is 4.79 Å². The van der Waals surface area contributed by atoms with Crippen LogP contribution in [0, 0.1) is 0 Å². The molecule has 0 spiro atoms. The summed E-state index contributed by atoms with van der Waals surface area (Å²) in [6, 6.07) is 0.339. The molecule has 0 aliphatic carbocycles. The van der Waals surface area contributed by atoms with Crippen LogP contribution >= 0.6 is 0 Å². The van der Waals surface area contributed by atoms with E-state index < -0.39 is 0 Å². The number of carbonyl (C=O) groups excluding carboxylic acids is 1. The quantitative estimate of drug-likeness (QED) is 0.665. The molecule has 5 heteroatoms. The first-order chi connectivity index (χ1) is 8.10. The van der Waals surface area contributed by atoms with Crippen molar-refractivity contribution >= 4 is 5.91 Å². The van der Waals surface area contributed by atoms with E-state index in [9.17, 15) is 4.79 Å². The number of nitrogens with two attached hydrogens (primary N) is 2. The number of hydrogen-bond donors (Lipinski definition) is 2. The molecule has 1 heterocycles. The molecule has 0 aromatic rings. The summed E-state index contributed by atoms with van der Waals surface area (Å²) >= 11 is 0. The highest BCUT2D eigenvalue weighted by Crippen LogP contribution is 2.12. The number of nitrogens with zero attached hydrogens (tertiary/aromatic N) is 2. The van der Waals surface area contributed by atoms with Crippen LogP contribution in [0.15, 0.2) is 0 Å². The maximum Gasteiger partial charge on any atom is 0.234 e. The molecule has 1 rings (SSSR count). The van der Waals surface area contributed by atoms with Crippen LogP contribution in [0.4, 0.5) is 0 Å². The summed E-state index contributed by atoms with van der Waals surface area (Å²) in [6.07, 6.45) is 2.32. The van der Waals surface area contributed by atoms with Gasteiger partial charge in [0.1, 0.15) is 0 Å². The third-order valence-electron chi connectivity index (χ3n) is 3.72. The second kappa shape index (κ2) is 6.93. The lowest BCUT2D eigenvalue weighted by molar-refractivity contribution is -0.123. The molecule has 1 aliphatic heterocycles. The molecule has 100 valence electrons. The number of primary amides is 1. The van der Waals surface area contributed by atoms with Gasteiger partial charge in [0.2, 0.25) is 5.91 Å². The van der Waals surface area contributed by atoms with E-state index in [2.05, 4.69) is 16.7 Å². The first kappa shape index (κ1) is 14.4. The number of rotatable bonds is 6. The zero-order chi connectivity index (χ0) is 12.8. The molecule has 1 fully saturated rings. The summed E-state index contributed by atoms with van der Waals surface area (Å²) in [7, 11) is 0. The average molecular weight is 242 g/mol. The summed E-state index contributed by atoms with van der Waals surface area (Å²) in [6.45, 7) is 8.57. The van der Waals surface area contributed by atoms with Gasteiger partial charge in [0.15, 0.2) is 0 Å². The molecule has 4 N–H and O–H groups in total. The lowest BCUT2D eigenvalue weighted by Gasteiger charge is -2.40. The van der Waals surface area contributed by atoms with Crippen LogP contribution < -0.4 is 11.5 Å². The Balaban J connectivity index is 2.41. The molecule has 0 aromatic carbocycles. The van der Waals surface area contributed by atoms with Gasteiger partial charge in [-0.15, -0.1) is 0 Å². The third-order valence-corrected chi connectivity index (χ3v) is 3.72. The SMILES string of the molecule is CCCC(CN)N1CCN(C(C)C(N)=O)CC1. The summed E-state index contributed by atoms with van der Waals surface area (Å²) in [5.74, 6) is -0.234. The van der Waals surface area contributed by atoms with Crippen molar-refractivity contribution in [2.75, 3.05) is 32.7 Å². The lowest BCUT2D eigenvalue weighted by Crippen LogP contribution is -2.56. The van der Waals surface area contributed by atoms with Crippen LogP contribution in [-0.4, -0.2) is 60.5 Å². The molecular formula is C12H26N4O. The molecule has 2 atom stereocenters.